The van der Waals surface area contributed by atoms with E-state index in [4.69, 9.17) is 0 Å². The van der Waals surface area contributed by atoms with Crippen molar-refractivity contribution in [3.63, 3.8) is 0 Å². The van der Waals surface area contributed by atoms with E-state index in [1.807, 2.05) is 6.08 Å². The topological polar surface area (TPSA) is 12.0 Å². The van der Waals surface area contributed by atoms with Gasteiger partial charge in [0.2, 0.25) is 0 Å². The summed E-state index contributed by atoms with van der Waals surface area (Å²) >= 11 is 0. The standard InChI is InChI=1S/C16H29N/c1-4-6-7-8-9-10-11-12-16(3)13-15(5-2)17-14-16/h5,13,17H,2,4,6-12,14H2,1,3H3. The number of rotatable bonds is 9. The highest BCUT2D eigenvalue weighted by Crippen LogP contribution is 2.31. The van der Waals surface area contributed by atoms with E-state index in [0.717, 1.165) is 6.54 Å². The van der Waals surface area contributed by atoms with Crippen LogP contribution in [0, 0.1) is 5.41 Å². The van der Waals surface area contributed by atoms with E-state index in [1.54, 1.807) is 0 Å². The molecule has 17 heavy (non-hydrogen) atoms. The Balaban J connectivity index is 2.06. The van der Waals surface area contributed by atoms with Crippen molar-refractivity contribution in [2.24, 2.45) is 5.41 Å². The zero-order chi connectivity index (χ0) is 12.6. The number of unbranched alkanes of at least 4 members (excludes halogenated alkanes) is 6. The second-order valence-corrected chi connectivity index (χ2v) is 5.68. The Labute approximate surface area is 107 Å². The third-order valence-electron chi connectivity index (χ3n) is 3.77. The van der Waals surface area contributed by atoms with Crippen molar-refractivity contribution in [3.05, 3.63) is 24.4 Å². The highest BCUT2D eigenvalue weighted by atomic mass is 14.9. The monoisotopic (exact) mass is 235 g/mol. The van der Waals surface area contributed by atoms with Crippen molar-refractivity contribution >= 4 is 0 Å². The first-order valence-electron chi connectivity index (χ1n) is 7.29. The molecule has 1 heteroatoms. The maximum absolute atomic E-state index is 3.82. The minimum absolute atomic E-state index is 0.368. The molecule has 0 aromatic carbocycles. The van der Waals surface area contributed by atoms with Crippen molar-refractivity contribution in [1.29, 1.82) is 0 Å². The number of allylic oxidation sites excluding steroid dienone is 1. The van der Waals surface area contributed by atoms with Crippen LogP contribution in [0.2, 0.25) is 0 Å². The van der Waals surface area contributed by atoms with Gasteiger partial charge in [-0.2, -0.15) is 0 Å². The Morgan fingerprint density at radius 2 is 1.88 bits per heavy atom. The lowest BCUT2D eigenvalue weighted by Crippen LogP contribution is -2.21. The Morgan fingerprint density at radius 3 is 2.47 bits per heavy atom. The van der Waals surface area contributed by atoms with Crippen LogP contribution in [0.4, 0.5) is 0 Å². The average Bonchev–Trinajstić information content (AvgIpc) is 2.70. The van der Waals surface area contributed by atoms with Gasteiger partial charge in [-0.25, -0.2) is 0 Å². The molecule has 0 radical (unpaired) electrons. The minimum Gasteiger partial charge on any atom is -0.384 e. The van der Waals surface area contributed by atoms with Crippen LogP contribution < -0.4 is 5.32 Å². The lowest BCUT2D eigenvalue weighted by Gasteiger charge is -2.20. The van der Waals surface area contributed by atoms with Crippen LogP contribution in [-0.4, -0.2) is 6.54 Å². The largest absolute Gasteiger partial charge is 0.384 e. The zero-order valence-corrected chi connectivity index (χ0v) is 11.7. The lowest BCUT2D eigenvalue weighted by atomic mass is 9.85. The molecule has 1 unspecified atom stereocenters. The third-order valence-corrected chi connectivity index (χ3v) is 3.77. The van der Waals surface area contributed by atoms with Crippen LogP contribution in [0.1, 0.15) is 65.2 Å². The van der Waals surface area contributed by atoms with E-state index < -0.39 is 0 Å². The maximum Gasteiger partial charge on any atom is 0.0300 e. The smallest absolute Gasteiger partial charge is 0.0300 e. The van der Waals surface area contributed by atoms with Crippen molar-refractivity contribution in [3.8, 4) is 0 Å². The fraction of sp³-hybridized carbons (Fsp3) is 0.750. The molecule has 1 atom stereocenters. The van der Waals surface area contributed by atoms with Gasteiger partial charge in [-0.05, 0) is 12.5 Å². The van der Waals surface area contributed by atoms with Gasteiger partial charge < -0.3 is 5.32 Å². The van der Waals surface area contributed by atoms with Gasteiger partial charge in [-0.1, -0.05) is 71.4 Å². The summed E-state index contributed by atoms with van der Waals surface area (Å²) in [6.07, 6.45) is 15.4. The van der Waals surface area contributed by atoms with Gasteiger partial charge in [0.05, 0.1) is 0 Å². The first-order chi connectivity index (χ1) is 8.20. The average molecular weight is 235 g/mol. The van der Waals surface area contributed by atoms with E-state index in [-0.39, 0.29) is 0 Å². The van der Waals surface area contributed by atoms with Gasteiger partial charge in [0.1, 0.15) is 0 Å². The molecule has 0 aromatic heterocycles. The van der Waals surface area contributed by atoms with Crippen LogP contribution in [0.5, 0.6) is 0 Å². The van der Waals surface area contributed by atoms with Gasteiger partial charge in [0, 0.05) is 17.7 Å². The van der Waals surface area contributed by atoms with E-state index >= 15 is 0 Å². The molecule has 1 nitrogen and oxygen atoms in total. The summed E-state index contributed by atoms with van der Waals surface area (Å²) in [6.45, 7) is 9.53. The molecule has 0 spiro atoms. The third kappa shape index (κ3) is 5.43. The van der Waals surface area contributed by atoms with Gasteiger partial charge in [0.25, 0.3) is 0 Å². The molecule has 0 aliphatic carbocycles. The van der Waals surface area contributed by atoms with Gasteiger partial charge >= 0.3 is 0 Å². The molecule has 1 rings (SSSR count). The van der Waals surface area contributed by atoms with Crippen LogP contribution >= 0.6 is 0 Å². The van der Waals surface area contributed by atoms with Crippen LogP contribution in [-0.2, 0) is 0 Å². The molecule has 98 valence electrons. The van der Waals surface area contributed by atoms with Crippen LogP contribution in [0.3, 0.4) is 0 Å². The summed E-state index contributed by atoms with van der Waals surface area (Å²) in [5.41, 5.74) is 1.59. The molecule has 1 N–H and O–H groups in total. The number of nitrogens with one attached hydrogen (secondary N) is 1. The summed E-state index contributed by atoms with van der Waals surface area (Å²) in [5.74, 6) is 0. The van der Waals surface area contributed by atoms with E-state index in [2.05, 4.69) is 31.8 Å². The predicted molar refractivity (Wildman–Crippen MR) is 77.0 cm³/mol. The van der Waals surface area contributed by atoms with Crippen molar-refractivity contribution < 1.29 is 0 Å². The van der Waals surface area contributed by atoms with Crippen molar-refractivity contribution in [2.45, 2.75) is 65.2 Å². The van der Waals surface area contributed by atoms with Crippen molar-refractivity contribution in [1.82, 2.24) is 5.32 Å². The van der Waals surface area contributed by atoms with E-state index in [1.165, 1.54) is 57.1 Å². The zero-order valence-electron chi connectivity index (χ0n) is 11.7. The first kappa shape index (κ1) is 14.3. The highest BCUT2D eigenvalue weighted by Gasteiger charge is 2.25. The lowest BCUT2D eigenvalue weighted by molar-refractivity contribution is 0.383. The molecule has 0 saturated carbocycles. The molecular weight excluding hydrogens is 206 g/mol. The molecule has 1 heterocycles. The molecule has 0 saturated heterocycles. The van der Waals surface area contributed by atoms with Crippen LogP contribution in [0.25, 0.3) is 0 Å². The summed E-state index contributed by atoms with van der Waals surface area (Å²) in [7, 11) is 0. The Morgan fingerprint density at radius 1 is 1.24 bits per heavy atom. The fourth-order valence-corrected chi connectivity index (χ4v) is 2.56. The predicted octanol–water partition coefficient (Wildman–Crippen LogP) is 4.81. The van der Waals surface area contributed by atoms with E-state index in [9.17, 15) is 0 Å². The number of hydrogen-bond donors (Lipinski definition) is 1. The summed E-state index contributed by atoms with van der Waals surface area (Å²) in [6, 6.07) is 0. The molecule has 1 aliphatic heterocycles. The van der Waals surface area contributed by atoms with Crippen molar-refractivity contribution in [2.75, 3.05) is 6.54 Å². The Kier molecular flexibility index (Phi) is 6.39. The summed E-state index contributed by atoms with van der Waals surface area (Å²) in [5, 5.41) is 3.41. The van der Waals surface area contributed by atoms with Crippen LogP contribution in [0.15, 0.2) is 24.4 Å². The van der Waals surface area contributed by atoms with Gasteiger partial charge in [-0.15, -0.1) is 0 Å². The fourth-order valence-electron chi connectivity index (χ4n) is 2.56. The molecule has 1 aliphatic rings. The SMILES string of the molecule is C=CC1=CC(C)(CCCCCCCCC)CN1. The second kappa shape index (κ2) is 7.58. The minimum atomic E-state index is 0.368. The highest BCUT2D eigenvalue weighted by molar-refractivity contribution is 5.23. The molecule has 0 amide bonds. The van der Waals surface area contributed by atoms with Gasteiger partial charge in [0.15, 0.2) is 0 Å². The number of hydrogen-bond acceptors (Lipinski definition) is 1. The molecule has 0 aromatic rings. The molecule has 0 bridgehead atoms. The normalized spacial score (nSPS) is 23.3. The van der Waals surface area contributed by atoms with E-state index in [0.29, 0.717) is 5.41 Å². The summed E-state index contributed by atoms with van der Waals surface area (Å²) in [4.78, 5) is 0. The second-order valence-electron chi connectivity index (χ2n) is 5.68. The molecule has 0 fully saturated rings. The maximum atomic E-state index is 3.82. The quantitative estimate of drug-likeness (QED) is 0.566. The van der Waals surface area contributed by atoms with Gasteiger partial charge in [-0.3, -0.25) is 0 Å². The Hall–Kier alpha value is -0.720. The summed E-state index contributed by atoms with van der Waals surface area (Å²) < 4.78 is 0. The molecular formula is C16H29N. The Bertz CT molecular complexity index is 254. The first-order valence-corrected chi connectivity index (χ1v) is 7.29.